The minimum Gasteiger partial charge on any atom is -0.490 e. The van der Waals surface area contributed by atoms with Crippen LogP contribution < -0.4 is 14.2 Å². The van der Waals surface area contributed by atoms with Gasteiger partial charge in [-0.15, -0.1) is 0 Å². The zero-order valence-electron chi connectivity index (χ0n) is 71.2. The summed E-state index contributed by atoms with van der Waals surface area (Å²) in [6.45, 7) is -0.683. The smallest absolute Gasteiger partial charge is 0.460 e. The van der Waals surface area contributed by atoms with E-state index in [4.69, 9.17) is 45.7 Å². The number of halogens is 51. The molecule has 5 aromatic carbocycles. The molecule has 0 fully saturated rings. The Kier molecular flexibility index (Phi) is 39.8. The molecule has 0 aliphatic heterocycles. The summed E-state index contributed by atoms with van der Waals surface area (Å²) in [7, 11) is 0. The second kappa shape index (κ2) is 44.8. The number of unbranched alkanes of at least 4 members (excludes halogenated alkanes) is 3. The quantitative estimate of drug-likeness (QED) is 0.00695. The number of carbonyl (C=O) groups excluding carboxylic acids is 5. The fourth-order valence-electron chi connectivity index (χ4n) is 11.0. The van der Waals surface area contributed by atoms with E-state index in [9.17, 15) is 238 Å². The minimum atomic E-state index is -9.16. The van der Waals surface area contributed by atoms with Crippen LogP contribution in [0.3, 0.4) is 0 Å². The van der Waals surface area contributed by atoms with Crippen molar-refractivity contribution in [2.45, 2.75) is 227 Å². The third-order valence-electron chi connectivity index (χ3n) is 18.7. The summed E-state index contributed by atoms with van der Waals surface area (Å²) in [5.41, 5.74) is -0.226. The van der Waals surface area contributed by atoms with Crippen LogP contribution in [0.5, 0.6) is 17.2 Å². The molecule has 12 nitrogen and oxygen atoms in total. The van der Waals surface area contributed by atoms with Gasteiger partial charge in [0.05, 0.1) is 44.8 Å². The molecule has 0 heterocycles. The van der Waals surface area contributed by atoms with Crippen molar-refractivity contribution >= 4 is 51.7 Å². The molecule has 0 bridgehead atoms. The van der Waals surface area contributed by atoms with Gasteiger partial charge in [-0.2, -0.15) is 224 Å². The lowest BCUT2D eigenvalue weighted by Gasteiger charge is -2.42. The van der Waals surface area contributed by atoms with Gasteiger partial charge in [-0.25, -0.2) is 9.59 Å². The number of benzene rings is 5. The van der Waals surface area contributed by atoms with Gasteiger partial charge in [-0.1, -0.05) is 98.8 Å². The van der Waals surface area contributed by atoms with Crippen LogP contribution in [0.15, 0.2) is 104 Å². The number of rotatable bonds is 49. The number of hydrogen-bond acceptors (Lipinski definition) is 11. The molecule has 5 aromatic rings. The molecular formula is C77H66F51O12+. The molecule has 0 aliphatic rings. The van der Waals surface area contributed by atoms with Crippen molar-refractivity contribution in [3.8, 4) is 17.2 Å². The third kappa shape index (κ3) is 24.5. The lowest BCUT2D eigenvalue weighted by Crippen LogP contribution is -2.74. The monoisotopic (exact) mass is 2150 g/mol. The highest BCUT2D eigenvalue weighted by Gasteiger charge is 2.99. The highest BCUT2D eigenvalue weighted by Crippen LogP contribution is 2.69. The summed E-state index contributed by atoms with van der Waals surface area (Å²) in [5.74, 6) is -189. The van der Waals surface area contributed by atoms with Crippen LogP contribution in [0.1, 0.15) is 96.1 Å². The second-order valence-electron chi connectivity index (χ2n) is 28.3. The van der Waals surface area contributed by atoms with E-state index in [1.54, 1.807) is 12.1 Å². The fraction of sp³-hybridized carbons (Fsp3) is 0.584. The Labute approximate surface area is 752 Å². The van der Waals surface area contributed by atoms with Crippen LogP contribution in [-0.2, 0) is 46.2 Å². The highest BCUT2D eigenvalue weighted by atomic mass is 19.5. The number of ether oxygens (including phenoxy) is 7. The zero-order valence-corrected chi connectivity index (χ0v) is 69.2. The number of aldehydes is 1. The van der Waals surface area contributed by atoms with Crippen LogP contribution in [0.25, 0.3) is 21.5 Å². The van der Waals surface area contributed by atoms with E-state index in [0.717, 1.165) is 22.6 Å². The Bertz CT molecular complexity index is 4810. The van der Waals surface area contributed by atoms with Crippen LogP contribution in [0.2, 0.25) is 0 Å². The molecule has 0 aromatic heterocycles. The number of fused-ring (bicyclic) bond motifs is 2. The largest absolute Gasteiger partial charge is 0.490 e. The molecule has 0 saturated heterocycles. The van der Waals surface area contributed by atoms with E-state index in [1.165, 1.54) is 36.3 Å². The summed E-state index contributed by atoms with van der Waals surface area (Å²) in [5, 5.41) is 3.11. The maximum Gasteiger partial charge on any atom is 0.460 e. The number of hydrogen-bond donors (Lipinski definition) is 0. The summed E-state index contributed by atoms with van der Waals surface area (Å²) in [4.78, 5) is 54.9. The van der Waals surface area contributed by atoms with Gasteiger partial charge in [-0.3, -0.25) is 14.4 Å². The van der Waals surface area contributed by atoms with Crippen molar-refractivity contribution in [2.75, 3.05) is 52.9 Å². The van der Waals surface area contributed by atoms with Crippen molar-refractivity contribution in [1.82, 2.24) is 0 Å². The van der Waals surface area contributed by atoms with Crippen LogP contribution in [-0.4, -0.2) is 231 Å². The molecule has 0 aliphatic carbocycles. The normalized spacial score (nSPS) is 14.2. The first-order valence-corrected chi connectivity index (χ1v) is 37.8. The Morgan fingerprint density at radius 2 is 0.557 bits per heavy atom. The highest BCUT2D eigenvalue weighted by molar-refractivity contribution is 5.92. The van der Waals surface area contributed by atoms with Crippen molar-refractivity contribution in [3.05, 3.63) is 120 Å². The number of carbonyl (C=O) groups is 3. The predicted octanol–water partition coefficient (Wildman–Crippen LogP) is 26.9. The molecule has 0 atom stereocenters. The Morgan fingerprint density at radius 3 is 0.829 bits per heavy atom. The van der Waals surface area contributed by atoms with Crippen LogP contribution in [0, 0.1) is 0 Å². The van der Waals surface area contributed by atoms with E-state index < -0.39 is 275 Å². The summed E-state index contributed by atoms with van der Waals surface area (Å²) >= 11 is 0. The van der Waals surface area contributed by atoms with Crippen LogP contribution >= 0.6 is 0 Å². The van der Waals surface area contributed by atoms with Gasteiger partial charge >= 0.3 is 167 Å². The molecule has 1 N–H and O–H groups in total. The molecule has 0 spiro atoms. The summed E-state index contributed by atoms with van der Waals surface area (Å²) in [6.07, 6.45) is -46.0. The molecule has 0 saturated carbocycles. The van der Waals surface area contributed by atoms with Gasteiger partial charge in [0.15, 0.2) is 18.1 Å². The fourth-order valence-corrected chi connectivity index (χ4v) is 11.0. The van der Waals surface area contributed by atoms with Crippen molar-refractivity contribution in [1.29, 1.82) is 0 Å². The lowest BCUT2D eigenvalue weighted by molar-refractivity contribution is -0.461. The van der Waals surface area contributed by atoms with Gasteiger partial charge < -0.3 is 33.2 Å². The Morgan fingerprint density at radius 1 is 0.321 bits per heavy atom. The number of alkyl halides is 51. The molecular weight excluding hydrogens is 2090 g/mol. The van der Waals surface area contributed by atoms with E-state index >= 15 is 0 Å². The zero-order chi connectivity index (χ0) is 112. The van der Waals surface area contributed by atoms with Crippen molar-refractivity contribution < 1.29 is 284 Å². The third-order valence-corrected chi connectivity index (χ3v) is 18.7. The van der Waals surface area contributed by atoms with Gasteiger partial charge in [-0.05, 0) is 89.9 Å². The van der Waals surface area contributed by atoms with Gasteiger partial charge in [0.2, 0.25) is 5.75 Å². The standard InChI is InChI=1S/C57H39F51O7.C16H16O4.C2H2O.C2H6.H2/c58-34(59,37(64,65)40(70,71)43(76,77)46(82,83)49(88,89)52(94,95)55(100,101)102)14-3-6-17-111-29-22-27(33(110)115-21-20-113-31(109)24-26-12-9-11-25-10-1-2-13-28(25)26)23-30(112-18-7-4-15-35(60,61)38(66,67)41(72,73)44(78,79)47(84,85)50(90,91)53(96,97)56(103,104)105)32(29)114-19-8-5-16-36(62,63)39(68,69)42(74,75)45(80,81)48(86,87)51(92,93)54(98,99)57(106,107)108;17-8-9-19-10-11-20-16(18)12-14-6-3-5-13-4-1-2-7-15(13)14;1-2-3;1-2;/h1-2,9-13,22-23H,3-8,14-21,24H2;1-8H,9-12H2;1H2;1-2H3;1H/p+1/i;;;;1+1D. The number of esters is 3. The summed E-state index contributed by atoms with van der Waals surface area (Å²) < 4.78 is 753. The first-order chi connectivity index (χ1) is 64.0. The average molecular weight is 2150 g/mol. The lowest BCUT2D eigenvalue weighted by atomic mass is 9.88. The minimum absolute atomic E-state index is 0.0240. The van der Waals surface area contributed by atoms with E-state index in [2.05, 4.69) is 6.58 Å². The van der Waals surface area contributed by atoms with E-state index in [-0.39, 0.29) is 49.9 Å². The van der Waals surface area contributed by atoms with Gasteiger partial charge in [0.1, 0.15) is 25.8 Å². The second-order valence-corrected chi connectivity index (χ2v) is 28.3. The van der Waals surface area contributed by atoms with E-state index in [0.29, 0.717) is 10.8 Å². The topological polar surface area (TPSA) is 154 Å². The first-order valence-electron chi connectivity index (χ1n) is 38.8. The molecule has 802 valence electrons. The maximum absolute atomic E-state index is 14.8. The molecule has 0 radical (unpaired) electrons. The van der Waals surface area contributed by atoms with E-state index in [1.807, 2.05) is 56.3 Å². The Balaban J connectivity index is 0.00000322. The average Bonchev–Trinajstić information content (AvgIpc) is 0.701. The van der Waals surface area contributed by atoms with Gasteiger partial charge in [0.25, 0.3) is 0 Å². The summed E-state index contributed by atoms with van der Waals surface area (Å²) in [6, 6.07) is 24.1. The van der Waals surface area contributed by atoms with Crippen molar-refractivity contribution in [2.24, 2.45) is 0 Å². The predicted molar refractivity (Wildman–Crippen MR) is 378 cm³/mol. The SMILES string of the molecule is C=C=O.CC.O=C(Cc1cccc2ccccc12)OCCOC(=O)c1cc(OCCCCC(F)(F)C(F)(F)C(F)(F)C(F)(F)C(F)(F)C(F)(F)C(F)(F)C(F)(F)F)c(OCCCCC(F)(F)C(F)(F)C(F)(F)C(F)(F)C(F)(F)C(F)(F)C(F)(F)C(F)(F)F)c(OCCCCC(F)(F)C(F)(F)C(F)(F)C(F)(F)C(F)(F)C(F)(F)C(F)(F)C(F)(F)F)c1.O=C(Cc1cccc2ccccc12)OCCOCC=[OH+].[2H][2H]. The van der Waals surface area contributed by atoms with Crippen molar-refractivity contribution in [3.63, 3.8) is 0 Å². The molecule has 63 heteroatoms. The molecule has 0 unspecified atom stereocenters. The molecule has 5 rings (SSSR count). The Hall–Kier alpha value is -10.1. The maximum atomic E-state index is 14.8. The molecule has 140 heavy (non-hydrogen) atoms. The van der Waals surface area contributed by atoms with Gasteiger partial charge in [0, 0.05) is 22.2 Å². The first kappa shape index (κ1) is 124. The molecule has 0 amide bonds. The van der Waals surface area contributed by atoms with Crippen LogP contribution in [0.4, 0.5) is 224 Å².